The monoisotopic (exact) mass is 322 g/mol. The van der Waals surface area contributed by atoms with E-state index >= 15 is 0 Å². The van der Waals surface area contributed by atoms with E-state index in [1.807, 2.05) is 24.3 Å². The molecule has 3 rings (SSSR count). The molecule has 0 heterocycles. The normalized spacial score (nSPS) is 14.7. The molecule has 0 nitrogen and oxygen atoms in total. The van der Waals surface area contributed by atoms with E-state index in [0.29, 0.717) is 0 Å². The number of hydrogen-bond donors (Lipinski definition) is 0. The van der Waals surface area contributed by atoms with Gasteiger partial charge in [-0.1, -0.05) is 104 Å². The van der Waals surface area contributed by atoms with Gasteiger partial charge in [0.15, 0.2) is 0 Å². The van der Waals surface area contributed by atoms with E-state index in [4.69, 9.17) is 0 Å². The summed E-state index contributed by atoms with van der Waals surface area (Å²) in [5.41, 5.74) is 7.24. The van der Waals surface area contributed by atoms with Crippen molar-refractivity contribution in [2.45, 2.75) is 6.42 Å². The highest BCUT2D eigenvalue weighted by molar-refractivity contribution is 5.83. The molecule has 0 aliphatic heterocycles. The standard InChI is InChI=1S/C25H22/c1-3-11-20(4-2)25-18-23(21-12-7-5-8-13-21)16-17-24(19-25)22-14-9-6-10-15-22/h3-16,18-19H,1-2,17H2/b20-11+. The number of allylic oxidation sites excluding steroid dienone is 10. The highest BCUT2D eigenvalue weighted by atomic mass is 14.1. The van der Waals surface area contributed by atoms with Crippen molar-refractivity contribution in [3.63, 3.8) is 0 Å². The number of hydrogen-bond acceptors (Lipinski definition) is 0. The molecule has 1 aliphatic rings. The van der Waals surface area contributed by atoms with E-state index in [9.17, 15) is 0 Å². The van der Waals surface area contributed by atoms with E-state index in [-0.39, 0.29) is 0 Å². The van der Waals surface area contributed by atoms with Crippen LogP contribution in [0.2, 0.25) is 0 Å². The topological polar surface area (TPSA) is 0 Å². The summed E-state index contributed by atoms with van der Waals surface area (Å²) in [6.45, 7) is 7.81. The maximum absolute atomic E-state index is 3.98. The predicted molar refractivity (Wildman–Crippen MR) is 110 cm³/mol. The second-order valence-electron chi connectivity index (χ2n) is 5.93. The highest BCUT2D eigenvalue weighted by Crippen LogP contribution is 2.31. The fraction of sp³-hybridized carbons (Fsp3) is 0.0400. The summed E-state index contributed by atoms with van der Waals surface area (Å²) in [5.74, 6) is 0. The molecule has 0 spiro atoms. The maximum atomic E-state index is 3.98. The molecule has 122 valence electrons. The molecule has 0 fully saturated rings. The molecule has 0 amide bonds. The van der Waals surface area contributed by atoms with E-state index < -0.39 is 0 Å². The Morgan fingerprint density at radius 3 is 2.04 bits per heavy atom. The summed E-state index contributed by atoms with van der Waals surface area (Å²) < 4.78 is 0. The van der Waals surface area contributed by atoms with Gasteiger partial charge in [0.25, 0.3) is 0 Å². The van der Waals surface area contributed by atoms with Gasteiger partial charge in [0.2, 0.25) is 0 Å². The van der Waals surface area contributed by atoms with Gasteiger partial charge in [-0.3, -0.25) is 0 Å². The van der Waals surface area contributed by atoms with Crippen LogP contribution in [0.1, 0.15) is 17.5 Å². The SMILES string of the molecule is C=C/C=C(\C=C)C1=CC(c2ccccc2)=CCC(c2ccccc2)=C1. The number of benzene rings is 2. The summed E-state index contributed by atoms with van der Waals surface area (Å²) in [4.78, 5) is 0. The van der Waals surface area contributed by atoms with Gasteiger partial charge in [-0.2, -0.15) is 0 Å². The van der Waals surface area contributed by atoms with Gasteiger partial charge in [-0.15, -0.1) is 0 Å². The molecule has 25 heavy (non-hydrogen) atoms. The third-order valence-corrected chi connectivity index (χ3v) is 4.28. The van der Waals surface area contributed by atoms with Crippen LogP contribution < -0.4 is 0 Å². The molecular formula is C25H22. The van der Waals surface area contributed by atoms with Crippen molar-refractivity contribution in [1.29, 1.82) is 0 Å². The Hall–Kier alpha value is -3.12. The third kappa shape index (κ3) is 4.05. The minimum Gasteiger partial charge on any atom is -0.0990 e. The molecule has 0 saturated heterocycles. The first-order chi connectivity index (χ1) is 12.3. The first kappa shape index (κ1) is 16.7. The smallest absolute Gasteiger partial charge is 0.00821 e. The zero-order chi connectivity index (χ0) is 17.5. The molecule has 1 aliphatic carbocycles. The Morgan fingerprint density at radius 2 is 1.44 bits per heavy atom. The Kier molecular flexibility index (Phi) is 5.43. The van der Waals surface area contributed by atoms with E-state index in [1.54, 1.807) is 0 Å². The van der Waals surface area contributed by atoms with E-state index in [2.05, 4.69) is 86.0 Å². The molecule has 0 aromatic heterocycles. The summed E-state index contributed by atoms with van der Waals surface area (Å²) >= 11 is 0. The minimum atomic E-state index is 0.896. The van der Waals surface area contributed by atoms with Gasteiger partial charge >= 0.3 is 0 Å². The molecule has 0 bridgehead atoms. The second kappa shape index (κ2) is 8.12. The average Bonchev–Trinajstić information content (AvgIpc) is 2.91. The second-order valence-corrected chi connectivity index (χ2v) is 5.93. The Morgan fingerprint density at radius 1 is 0.800 bits per heavy atom. The fourth-order valence-electron chi connectivity index (χ4n) is 3.00. The van der Waals surface area contributed by atoms with Crippen LogP contribution in [0.15, 0.2) is 121 Å². The fourth-order valence-corrected chi connectivity index (χ4v) is 3.00. The van der Waals surface area contributed by atoms with Gasteiger partial charge in [0, 0.05) is 0 Å². The van der Waals surface area contributed by atoms with Crippen molar-refractivity contribution in [2.24, 2.45) is 0 Å². The first-order valence-electron chi connectivity index (χ1n) is 8.50. The van der Waals surface area contributed by atoms with Gasteiger partial charge < -0.3 is 0 Å². The van der Waals surface area contributed by atoms with Crippen LogP contribution in [0.5, 0.6) is 0 Å². The van der Waals surface area contributed by atoms with Gasteiger partial charge in [0.1, 0.15) is 0 Å². The van der Waals surface area contributed by atoms with E-state index in [0.717, 1.165) is 17.6 Å². The van der Waals surface area contributed by atoms with Crippen LogP contribution >= 0.6 is 0 Å². The zero-order valence-electron chi connectivity index (χ0n) is 14.4. The van der Waals surface area contributed by atoms with Gasteiger partial charge in [0.05, 0.1) is 0 Å². The lowest BCUT2D eigenvalue weighted by Crippen LogP contribution is -1.87. The van der Waals surface area contributed by atoms with E-state index in [1.165, 1.54) is 22.3 Å². The molecule has 0 unspecified atom stereocenters. The maximum Gasteiger partial charge on any atom is -0.00821 e. The lowest BCUT2D eigenvalue weighted by molar-refractivity contribution is 1.39. The summed E-state index contributed by atoms with van der Waals surface area (Å²) in [7, 11) is 0. The molecule has 0 radical (unpaired) electrons. The van der Waals surface area contributed by atoms with Crippen molar-refractivity contribution in [3.8, 4) is 0 Å². The Balaban J connectivity index is 2.11. The molecule has 0 heteroatoms. The first-order valence-corrected chi connectivity index (χ1v) is 8.50. The van der Waals surface area contributed by atoms with Crippen LogP contribution in [0.25, 0.3) is 11.1 Å². The van der Waals surface area contributed by atoms with Crippen molar-refractivity contribution in [3.05, 3.63) is 133 Å². The minimum absolute atomic E-state index is 0.896. The Bertz CT molecular complexity index is 872. The molecular weight excluding hydrogens is 300 g/mol. The Labute approximate surface area is 150 Å². The molecule has 2 aromatic rings. The molecule has 2 aromatic carbocycles. The average molecular weight is 322 g/mol. The molecule has 0 saturated carbocycles. The van der Waals surface area contributed by atoms with Gasteiger partial charge in [-0.05, 0) is 45.9 Å². The summed E-state index contributed by atoms with van der Waals surface area (Å²) in [6.07, 6.45) is 13.4. The molecule has 0 atom stereocenters. The third-order valence-electron chi connectivity index (χ3n) is 4.28. The van der Waals surface area contributed by atoms with Crippen molar-refractivity contribution in [2.75, 3.05) is 0 Å². The zero-order valence-corrected chi connectivity index (χ0v) is 14.4. The van der Waals surface area contributed by atoms with Crippen molar-refractivity contribution < 1.29 is 0 Å². The van der Waals surface area contributed by atoms with Crippen molar-refractivity contribution in [1.82, 2.24) is 0 Å². The number of rotatable bonds is 5. The van der Waals surface area contributed by atoms with Crippen LogP contribution in [-0.2, 0) is 0 Å². The lowest BCUT2D eigenvalue weighted by Gasteiger charge is -2.07. The van der Waals surface area contributed by atoms with Crippen LogP contribution in [0.3, 0.4) is 0 Å². The van der Waals surface area contributed by atoms with Gasteiger partial charge in [-0.25, -0.2) is 0 Å². The quantitative estimate of drug-likeness (QED) is 0.532. The predicted octanol–water partition coefficient (Wildman–Crippen LogP) is 6.78. The lowest BCUT2D eigenvalue weighted by atomic mass is 9.97. The highest BCUT2D eigenvalue weighted by Gasteiger charge is 2.10. The van der Waals surface area contributed by atoms with Crippen LogP contribution in [0.4, 0.5) is 0 Å². The van der Waals surface area contributed by atoms with Crippen molar-refractivity contribution >= 4 is 11.1 Å². The summed E-state index contributed by atoms with van der Waals surface area (Å²) in [5, 5.41) is 0. The molecule has 0 N–H and O–H groups in total. The van der Waals surface area contributed by atoms with Crippen LogP contribution in [0, 0.1) is 0 Å². The largest absolute Gasteiger partial charge is 0.0990 e. The summed E-state index contributed by atoms with van der Waals surface area (Å²) in [6, 6.07) is 21.0. The van der Waals surface area contributed by atoms with Crippen LogP contribution in [-0.4, -0.2) is 0 Å².